The first-order chi connectivity index (χ1) is 12.7. The van der Waals surface area contributed by atoms with Crippen molar-refractivity contribution in [3.63, 3.8) is 0 Å². The number of amides is 2. The number of fused-ring (bicyclic) bond motifs is 4. The molecule has 2 aromatic rings. The van der Waals surface area contributed by atoms with E-state index in [-0.39, 0.29) is 17.9 Å². The van der Waals surface area contributed by atoms with Crippen LogP contribution in [0, 0.1) is 5.92 Å². The summed E-state index contributed by atoms with van der Waals surface area (Å²) in [6.45, 7) is 4.16. The number of aryl methyl sites for hydroxylation is 1. The summed E-state index contributed by atoms with van der Waals surface area (Å²) in [4.78, 5) is 35.2. The van der Waals surface area contributed by atoms with Gasteiger partial charge in [-0.25, -0.2) is 0 Å². The molecule has 2 atom stereocenters. The van der Waals surface area contributed by atoms with Crippen molar-refractivity contribution in [3.8, 4) is 0 Å². The zero-order valence-corrected chi connectivity index (χ0v) is 15.7. The number of carbonyl (C=O) groups is 2. The van der Waals surface area contributed by atoms with Crippen LogP contribution in [-0.2, 0) is 6.42 Å². The summed E-state index contributed by atoms with van der Waals surface area (Å²) in [7, 11) is 0. The van der Waals surface area contributed by atoms with Gasteiger partial charge < -0.3 is 9.80 Å². The maximum atomic E-state index is 13.0. The highest BCUT2D eigenvalue weighted by molar-refractivity contribution is 7.10. The Balaban J connectivity index is 1.53. The summed E-state index contributed by atoms with van der Waals surface area (Å²) in [5.74, 6) is 0.429. The predicted octanol–water partition coefficient (Wildman–Crippen LogP) is 3.08. The van der Waals surface area contributed by atoms with Gasteiger partial charge >= 0.3 is 0 Å². The fourth-order valence-corrected chi connectivity index (χ4v) is 4.80. The van der Waals surface area contributed by atoms with Gasteiger partial charge in [0.1, 0.15) is 5.69 Å². The van der Waals surface area contributed by atoms with Crippen molar-refractivity contribution in [3.05, 3.63) is 52.0 Å². The Bertz CT molecular complexity index is 804. The molecular formula is C20H23N3O2S. The first-order valence-corrected chi connectivity index (χ1v) is 10.1. The second kappa shape index (κ2) is 7.19. The van der Waals surface area contributed by atoms with Crippen molar-refractivity contribution >= 4 is 23.2 Å². The number of hydrogen-bond donors (Lipinski definition) is 0. The highest BCUT2D eigenvalue weighted by atomic mass is 32.1. The molecule has 5 rings (SSSR count). The zero-order valence-electron chi connectivity index (χ0n) is 14.9. The lowest BCUT2D eigenvalue weighted by Gasteiger charge is -2.35. The summed E-state index contributed by atoms with van der Waals surface area (Å²) in [5, 5.41) is 1.97. The van der Waals surface area contributed by atoms with Crippen LogP contribution in [0.2, 0.25) is 0 Å². The topological polar surface area (TPSA) is 53.5 Å². The molecule has 0 N–H and O–H groups in total. The summed E-state index contributed by atoms with van der Waals surface area (Å²) in [5.41, 5.74) is 1.28. The van der Waals surface area contributed by atoms with Crippen molar-refractivity contribution < 1.29 is 9.59 Å². The van der Waals surface area contributed by atoms with Gasteiger partial charge in [-0.3, -0.25) is 14.6 Å². The van der Waals surface area contributed by atoms with Crippen LogP contribution in [0.25, 0.3) is 0 Å². The molecule has 3 fully saturated rings. The fraction of sp³-hybridized carbons (Fsp3) is 0.450. The lowest BCUT2D eigenvalue weighted by molar-refractivity contribution is 0.0574. The molecule has 5 nitrogen and oxygen atoms in total. The van der Waals surface area contributed by atoms with Gasteiger partial charge in [0.15, 0.2) is 0 Å². The number of piperidine rings is 1. The maximum absolute atomic E-state index is 13.0. The van der Waals surface area contributed by atoms with E-state index in [0.29, 0.717) is 24.7 Å². The van der Waals surface area contributed by atoms with E-state index in [0.717, 1.165) is 31.4 Å². The van der Waals surface area contributed by atoms with E-state index < -0.39 is 0 Å². The van der Waals surface area contributed by atoms with Gasteiger partial charge in [-0.15, -0.1) is 11.3 Å². The quantitative estimate of drug-likeness (QED) is 0.835. The van der Waals surface area contributed by atoms with E-state index in [1.54, 1.807) is 23.6 Å². The van der Waals surface area contributed by atoms with Crippen LogP contribution in [0.4, 0.5) is 0 Å². The van der Waals surface area contributed by atoms with Crippen molar-refractivity contribution in [2.24, 2.45) is 5.92 Å². The molecule has 0 unspecified atom stereocenters. The molecule has 2 bridgehead atoms. The van der Waals surface area contributed by atoms with E-state index in [4.69, 9.17) is 0 Å². The molecular weight excluding hydrogens is 346 g/mol. The minimum atomic E-state index is -0.0272. The normalized spacial score (nSPS) is 22.3. The van der Waals surface area contributed by atoms with Crippen LogP contribution in [0.3, 0.4) is 0 Å². The third-order valence-corrected chi connectivity index (χ3v) is 6.48. The van der Waals surface area contributed by atoms with Crippen LogP contribution in [0.1, 0.15) is 45.5 Å². The second-order valence-electron chi connectivity index (χ2n) is 7.14. The third kappa shape index (κ3) is 3.26. The van der Waals surface area contributed by atoms with Crippen molar-refractivity contribution in [1.82, 2.24) is 14.8 Å². The third-order valence-electron chi connectivity index (χ3n) is 5.39. The van der Waals surface area contributed by atoms with Gasteiger partial charge in [0, 0.05) is 42.1 Å². The monoisotopic (exact) mass is 369 g/mol. The molecule has 0 saturated carbocycles. The molecule has 6 heteroatoms. The number of aromatic nitrogens is 1. The van der Waals surface area contributed by atoms with Crippen LogP contribution in [0.15, 0.2) is 35.8 Å². The number of rotatable bonds is 3. The first-order valence-electron chi connectivity index (χ1n) is 9.24. The molecule has 26 heavy (non-hydrogen) atoms. The number of carbonyl (C=O) groups excluding carboxylic acids is 2. The van der Waals surface area contributed by atoms with Crippen LogP contribution in [-0.4, -0.2) is 52.3 Å². The van der Waals surface area contributed by atoms with Crippen molar-refractivity contribution in [2.45, 2.75) is 32.2 Å². The Hall–Kier alpha value is -2.21. The van der Waals surface area contributed by atoms with Gasteiger partial charge in [-0.1, -0.05) is 13.0 Å². The van der Waals surface area contributed by atoms with Gasteiger partial charge in [0.05, 0.1) is 5.56 Å². The second-order valence-corrected chi connectivity index (χ2v) is 8.13. The van der Waals surface area contributed by atoms with Gasteiger partial charge in [0.25, 0.3) is 11.8 Å². The molecule has 3 saturated heterocycles. The largest absolute Gasteiger partial charge is 0.335 e. The van der Waals surface area contributed by atoms with E-state index in [1.165, 1.54) is 4.88 Å². The highest BCUT2D eigenvalue weighted by Crippen LogP contribution is 2.30. The lowest BCUT2D eigenvalue weighted by atomic mass is 9.94. The summed E-state index contributed by atoms with van der Waals surface area (Å²) in [6, 6.07) is 7.52. The summed E-state index contributed by atoms with van der Waals surface area (Å²) < 4.78 is 0. The molecule has 3 aliphatic rings. The maximum Gasteiger partial charge on any atom is 0.272 e. The molecule has 136 valence electrons. The number of pyridine rings is 1. The smallest absolute Gasteiger partial charge is 0.272 e. The average molecular weight is 369 g/mol. The molecule has 0 radical (unpaired) electrons. The standard InChI is InChI=1S/C20H23N3O2S/c1-2-17-9-15(13-26-17)19(24)23-11-14-6-7-16(23)12-22(10-14)20(25)18-5-3-4-8-21-18/h3-5,8-9,13-14,16H,2,6-7,10-12H2,1H3/t14-,16+/m0/s1. The minimum Gasteiger partial charge on any atom is -0.335 e. The van der Waals surface area contributed by atoms with Gasteiger partial charge in [0.2, 0.25) is 0 Å². The Morgan fingerprint density at radius 2 is 2.08 bits per heavy atom. The van der Waals surface area contributed by atoms with Gasteiger partial charge in [-0.2, -0.15) is 0 Å². The number of thiophene rings is 1. The van der Waals surface area contributed by atoms with Gasteiger partial charge in [-0.05, 0) is 43.4 Å². The fourth-order valence-electron chi connectivity index (χ4n) is 3.99. The Morgan fingerprint density at radius 1 is 1.19 bits per heavy atom. The highest BCUT2D eigenvalue weighted by Gasteiger charge is 2.39. The average Bonchev–Trinajstić information content (AvgIpc) is 2.98. The SMILES string of the molecule is CCc1cc(C(=O)N2C[C@H]3CC[C@@H]2CN(C(=O)c2ccccn2)C3)cs1. The molecule has 2 amide bonds. The summed E-state index contributed by atoms with van der Waals surface area (Å²) in [6.07, 6.45) is 4.64. The Morgan fingerprint density at radius 3 is 2.81 bits per heavy atom. The zero-order chi connectivity index (χ0) is 18.1. The molecule has 5 heterocycles. The van der Waals surface area contributed by atoms with Crippen molar-refractivity contribution in [2.75, 3.05) is 19.6 Å². The van der Waals surface area contributed by atoms with Crippen molar-refractivity contribution in [1.29, 1.82) is 0 Å². The van der Waals surface area contributed by atoms with E-state index in [1.807, 2.05) is 33.4 Å². The van der Waals surface area contributed by atoms with E-state index in [9.17, 15) is 9.59 Å². The molecule has 2 aromatic heterocycles. The van der Waals surface area contributed by atoms with Crippen LogP contribution < -0.4 is 0 Å². The van der Waals surface area contributed by atoms with E-state index in [2.05, 4.69) is 11.9 Å². The number of hydrogen-bond acceptors (Lipinski definition) is 4. The first kappa shape index (κ1) is 17.2. The predicted molar refractivity (Wildman–Crippen MR) is 101 cm³/mol. The molecule has 0 spiro atoms. The molecule has 3 aliphatic heterocycles. The molecule has 0 aromatic carbocycles. The molecule has 0 aliphatic carbocycles. The van der Waals surface area contributed by atoms with E-state index >= 15 is 0 Å². The minimum absolute atomic E-state index is 0.0272. The summed E-state index contributed by atoms with van der Waals surface area (Å²) >= 11 is 1.65. The lowest BCUT2D eigenvalue weighted by Crippen LogP contribution is -2.47. The Kier molecular flexibility index (Phi) is 4.76. The Labute approximate surface area is 157 Å². The number of nitrogens with zero attached hydrogens (tertiary/aromatic N) is 3. The van der Waals surface area contributed by atoms with Crippen LogP contribution in [0.5, 0.6) is 0 Å². The van der Waals surface area contributed by atoms with Crippen LogP contribution >= 0.6 is 11.3 Å².